The number of nitrogens with one attached hydrogen (secondary N) is 1. The number of aromatic nitrogens is 1. The van der Waals surface area contributed by atoms with Gasteiger partial charge in [-0.05, 0) is 46.3 Å². The Morgan fingerprint density at radius 1 is 1.41 bits per heavy atom. The standard InChI is InChI=1S/C14H10BrClN2O4/c15-11-5-3-9(22-11)4-6-13(20)21-8-12(19)18-10-2-1-7-17-14(10)16/h1-7H,8H2,(H,18,19). The number of furan rings is 1. The van der Waals surface area contributed by atoms with E-state index in [0.717, 1.165) is 6.08 Å². The number of hydrogen-bond donors (Lipinski definition) is 1. The molecule has 1 N–H and O–H groups in total. The highest BCUT2D eigenvalue weighted by molar-refractivity contribution is 9.10. The number of anilines is 1. The zero-order valence-electron chi connectivity index (χ0n) is 11.1. The number of halogens is 2. The summed E-state index contributed by atoms with van der Waals surface area (Å²) in [6.45, 7) is -0.434. The molecule has 6 nitrogen and oxygen atoms in total. The third-order valence-electron chi connectivity index (χ3n) is 2.36. The van der Waals surface area contributed by atoms with Crippen LogP contribution in [0.2, 0.25) is 5.15 Å². The highest BCUT2D eigenvalue weighted by Gasteiger charge is 2.08. The van der Waals surface area contributed by atoms with Crippen molar-refractivity contribution in [2.24, 2.45) is 0 Å². The molecule has 2 aromatic rings. The van der Waals surface area contributed by atoms with E-state index in [1.54, 1.807) is 24.3 Å². The Labute approximate surface area is 139 Å². The minimum absolute atomic E-state index is 0.158. The largest absolute Gasteiger partial charge is 0.452 e. The molecule has 0 atom stereocenters. The topological polar surface area (TPSA) is 81.4 Å². The van der Waals surface area contributed by atoms with Gasteiger partial charge in [-0.2, -0.15) is 0 Å². The van der Waals surface area contributed by atoms with Crippen LogP contribution in [-0.4, -0.2) is 23.5 Å². The number of hydrogen-bond acceptors (Lipinski definition) is 5. The monoisotopic (exact) mass is 384 g/mol. The molecule has 0 aliphatic heterocycles. The predicted octanol–water partition coefficient (Wildman–Crippen LogP) is 3.29. The van der Waals surface area contributed by atoms with Gasteiger partial charge in [-0.1, -0.05) is 11.6 Å². The molecule has 8 heteroatoms. The lowest BCUT2D eigenvalue weighted by molar-refractivity contribution is -0.142. The Morgan fingerprint density at radius 2 is 2.23 bits per heavy atom. The molecule has 1 amide bonds. The van der Waals surface area contributed by atoms with Crippen molar-refractivity contribution in [1.29, 1.82) is 0 Å². The van der Waals surface area contributed by atoms with Gasteiger partial charge >= 0.3 is 5.97 Å². The second-order valence-corrected chi connectivity index (χ2v) is 5.11. The first-order chi connectivity index (χ1) is 10.5. The molecule has 114 valence electrons. The van der Waals surface area contributed by atoms with Gasteiger partial charge in [0, 0.05) is 12.3 Å². The van der Waals surface area contributed by atoms with E-state index in [-0.39, 0.29) is 5.15 Å². The van der Waals surface area contributed by atoms with Crippen LogP contribution >= 0.6 is 27.5 Å². The van der Waals surface area contributed by atoms with Crippen molar-refractivity contribution in [3.8, 4) is 0 Å². The Balaban J connectivity index is 1.80. The third kappa shape index (κ3) is 5.01. The molecule has 0 unspecified atom stereocenters. The lowest BCUT2D eigenvalue weighted by Crippen LogP contribution is -2.20. The molecule has 0 aromatic carbocycles. The van der Waals surface area contributed by atoms with E-state index in [0.29, 0.717) is 16.1 Å². The number of carbonyl (C=O) groups is 2. The van der Waals surface area contributed by atoms with E-state index < -0.39 is 18.5 Å². The highest BCUT2D eigenvalue weighted by atomic mass is 79.9. The number of pyridine rings is 1. The SMILES string of the molecule is O=C(COC(=O)C=Cc1ccc(Br)o1)Nc1cccnc1Cl. The number of ether oxygens (including phenoxy) is 1. The number of rotatable bonds is 5. The van der Waals surface area contributed by atoms with Crippen molar-refractivity contribution >= 4 is 51.2 Å². The van der Waals surface area contributed by atoms with Gasteiger partial charge in [-0.25, -0.2) is 9.78 Å². The van der Waals surface area contributed by atoms with E-state index in [2.05, 4.69) is 26.2 Å². The lowest BCUT2D eigenvalue weighted by atomic mass is 10.4. The zero-order chi connectivity index (χ0) is 15.9. The molecule has 0 aliphatic carbocycles. The summed E-state index contributed by atoms with van der Waals surface area (Å²) >= 11 is 8.93. The summed E-state index contributed by atoms with van der Waals surface area (Å²) in [7, 11) is 0. The van der Waals surface area contributed by atoms with Gasteiger partial charge in [0.25, 0.3) is 5.91 Å². The van der Waals surface area contributed by atoms with Gasteiger partial charge in [0.1, 0.15) is 5.76 Å². The van der Waals surface area contributed by atoms with Crippen LogP contribution in [0.25, 0.3) is 6.08 Å². The third-order valence-corrected chi connectivity index (χ3v) is 3.08. The molecule has 0 spiro atoms. The molecule has 0 radical (unpaired) electrons. The minimum Gasteiger partial charge on any atom is -0.452 e. The minimum atomic E-state index is -0.667. The maximum Gasteiger partial charge on any atom is 0.331 e. The second-order valence-electron chi connectivity index (χ2n) is 3.97. The van der Waals surface area contributed by atoms with Crippen LogP contribution in [0.15, 0.2) is 45.6 Å². The average Bonchev–Trinajstić information content (AvgIpc) is 2.91. The predicted molar refractivity (Wildman–Crippen MR) is 84.3 cm³/mol. The van der Waals surface area contributed by atoms with Crippen LogP contribution in [-0.2, 0) is 14.3 Å². The number of carbonyl (C=O) groups excluding carboxylic acids is 2. The van der Waals surface area contributed by atoms with Crippen molar-refractivity contribution in [3.05, 3.63) is 52.1 Å². The summed E-state index contributed by atoms with van der Waals surface area (Å²) in [6.07, 6.45) is 4.09. The van der Waals surface area contributed by atoms with E-state index in [1.807, 2.05) is 0 Å². The van der Waals surface area contributed by atoms with Gasteiger partial charge in [0.05, 0.1) is 5.69 Å². The molecule has 2 rings (SSSR count). The fraction of sp³-hybridized carbons (Fsp3) is 0.0714. The first-order valence-corrected chi connectivity index (χ1v) is 7.22. The summed E-state index contributed by atoms with van der Waals surface area (Å²) in [4.78, 5) is 26.9. The molecule has 0 fully saturated rings. The second kappa shape index (κ2) is 7.77. The quantitative estimate of drug-likeness (QED) is 0.485. The van der Waals surface area contributed by atoms with Crippen LogP contribution in [0.3, 0.4) is 0 Å². The van der Waals surface area contributed by atoms with Gasteiger partial charge in [-0.3, -0.25) is 4.79 Å². The van der Waals surface area contributed by atoms with Gasteiger partial charge in [-0.15, -0.1) is 0 Å². The summed E-state index contributed by atoms with van der Waals surface area (Å²) < 4.78 is 10.5. The highest BCUT2D eigenvalue weighted by Crippen LogP contribution is 2.17. The first kappa shape index (κ1) is 16.3. The van der Waals surface area contributed by atoms with Crippen LogP contribution in [0, 0.1) is 0 Å². The van der Waals surface area contributed by atoms with Crippen molar-refractivity contribution < 1.29 is 18.7 Å². The molecular formula is C14H10BrClN2O4. The summed E-state index contributed by atoms with van der Waals surface area (Å²) in [6, 6.07) is 6.57. The van der Waals surface area contributed by atoms with E-state index in [9.17, 15) is 9.59 Å². The van der Waals surface area contributed by atoms with E-state index in [4.69, 9.17) is 20.8 Å². The first-order valence-electron chi connectivity index (χ1n) is 6.05. The lowest BCUT2D eigenvalue weighted by Gasteiger charge is -2.06. The van der Waals surface area contributed by atoms with Crippen molar-refractivity contribution in [2.75, 3.05) is 11.9 Å². The normalized spacial score (nSPS) is 10.6. The van der Waals surface area contributed by atoms with Crippen molar-refractivity contribution in [2.45, 2.75) is 0 Å². The summed E-state index contributed by atoms with van der Waals surface area (Å²) in [5.74, 6) is -0.701. The van der Waals surface area contributed by atoms with Crippen LogP contribution in [0.4, 0.5) is 5.69 Å². The van der Waals surface area contributed by atoms with Crippen LogP contribution < -0.4 is 5.32 Å². The van der Waals surface area contributed by atoms with Gasteiger partial charge in [0.15, 0.2) is 16.4 Å². The molecule has 2 aromatic heterocycles. The van der Waals surface area contributed by atoms with Crippen LogP contribution in [0.5, 0.6) is 0 Å². The summed E-state index contributed by atoms with van der Waals surface area (Å²) in [5, 5.41) is 2.64. The fourth-order valence-electron chi connectivity index (χ4n) is 1.42. The Kier molecular flexibility index (Phi) is 5.74. The van der Waals surface area contributed by atoms with Crippen molar-refractivity contribution in [1.82, 2.24) is 4.98 Å². The summed E-state index contributed by atoms with van der Waals surface area (Å²) in [5.41, 5.74) is 0.348. The Bertz CT molecular complexity index is 714. The van der Waals surface area contributed by atoms with Gasteiger partial charge in [0.2, 0.25) is 0 Å². The molecule has 0 saturated carbocycles. The van der Waals surface area contributed by atoms with Crippen molar-refractivity contribution in [3.63, 3.8) is 0 Å². The zero-order valence-corrected chi connectivity index (χ0v) is 13.4. The molecule has 0 aliphatic rings. The van der Waals surface area contributed by atoms with Gasteiger partial charge < -0.3 is 14.5 Å². The molecule has 22 heavy (non-hydrogen) atoms. The average molecular weight is 386 g/mol. The Hall–Kier alpha value is -2.12. The maximum absolute atomic E-state index is 11.6. The number of amides is 1. The van der Waals surface area contributed by atoms with Crippen LogP contribution in [0.1, 0.15) is 5.76 Å². The molecule has 0 bridgehead atoms. The number of esters is 1. The number of nitrogens with zero attached hydrogens (tertiary/aromatic N) is 1. The Morgan fingerprint density at radius 3 is 2.91 bits per heavy atom. The van der Waals surface area contributed by atoms with E-state index >= 15 is 0 Å². The molecule has 0 saturated heterocycles. The maximum atomic E-state index is 11.6. The molecule has 2 heterocycles. The smallest absolute Gasteiger partial charge is 0.331 e. The molecular weight excluding hydrogens is 376 g/mol. The fourth-order valence-corrected chi connectivity index (χ4v) is 1.90. The van der Waals surface area contributed by atoms with E-state index in [1.165, 1.54) is 12.3 Å².